The van der Waals surface area contributed by atoms with Crippen molar-refractivity contribution in [2.24, 2.45) is 0 Å². The molecule has 0 N–H and O–H groups in total. The number of aromatic nitrogens is 1. The zero-order valence-corrected chi connectivity index (χ0v) is 31.8. The second kappa shape index (κ2) is 18.5. The van der Waals surface area contributed by atoms with Crippen molar-refractivity contribution >= 4 is 22.5 Å². The molecular weight excluding hydrogens is 720 g/mol. The smallest absolute Gasteiger partial charge is 0.263 e. The third kappa shape index (κ3) is 10.3. The van der Waals surface area contributed by atoms with Crippen LogP contribution in [-0.2, 0) is 0 Å². The summed E-state index contributed by atoms with van der Waals surface area (Å²) in [7, 11) is 3.77. The SMILES string of the molecule is CCOc1cc(OCC)cc(-n2cc(C(=O)N(C)c3cc(F)cc(F)c3)c(=O)c3ccc(OCCCCCCC[N+]4(C)CCCCC4)cc32)c1.[Br-]. The van der Waals surface area contributed by atoms with Gasteiger partial charge in [-0.2, -0.15) is 0 Å². The Morgan fingerprint density at radius 1 is 0.804 bits per heavy atom. The summed E-state index contributed by atoms with van der Waals surface area (Å²) in [6.45, 7) is 9.04. The third-order valence-electron chi connectivity index (χ3n) is 9.52. The Hall–Kier alpha value is -3.96. The molecule has 4 aromatic rings. The lowest BCUT2D eigenvalue weighted by molar-refractivity contribution is -0.914. The van der Waals surface area contributed by atoms with E-state index in [1.54, 1.807) is 41.0 Å². The van der Waals surface area contributed by atoms with Crippen molar-refractivity contribution in [3.63, 3.8) is 0 Å². The zero-order valence-electron chi connectivity index (χ0n) is 30.2. The van der Waals surface area contributed by atoms with Crippen LogP contribution in [0.1, 0.15) is 75.6 Å². The van der Waals surface area contributed by atoms with Gasteiger partial charge in [0, 0.05) is 54.6 Å². The predicted molar refractivity (Wildman–Crippen MR) is 194 cm³/mol. The molecule has 1 saturated heterocycles. The zero-order chi connectivity index (χ0) is 35.7. The van der Waals surface area contributed by atoms with Crippen molar-refractivity contribution in [2.45, 2.75) is 65.2 Å². The van der Waals surface area contributed by atoms with Crippen LogP contribution in [0.2, 0.25) is 0 Å². The number of anilines is 1. The number of hydrogen-bond donors (Lipinski definition) is 0. The van der Waals surface area contributed by atoms with Crippen molar-refractivity contribution in [3.05, 3.63) is 88.2 Å². The highest BCUT2D eigenvalue weighted by atomic mass is 79.9. The molecule has 0 bridgehead atoms. The van der Waals surface area contributed by atoms with Gasteiger partial charge in [0.25, 0.3) is 5.91 Å². The minimum atomic E-state index is -0.831. The topological polar surface area (TPSA) is 70.0 Å². The van der Waals surface area contributed by atoms with Crippen LogP contribution < -0.4 is 41.5 Å². The average molecular weight is 771 g/mol. The van der Waals surface area contributed by atoms with Crippen LogP contribution in [0.25, 0.3) is 16.6 Å². The molecule has 3 aromatic carbocycles. The van der Waals surface area contributed by atoms with Crippen molar-refractivity contribution in [1.82, 2.24) is 4.57 Å². The number of benzene rings is 3. The van der Waals surface area contributed by atoms with E-state index in [2.05, 4.69) is 7.05 Å². The normalized spacial score (nSPS) is 13.8. The van der Waals surface area contributed by atoms with Gasteiger partial charge in [0.2, 0.25) is 5.43 Å². The minimum absolute atomic E-state index is 0. The van der Waals surface area contributed by atoms with Crippen molar-refractivity contribution in [3.8, 4) is 22.9 Å². The second-order valence-corrected chi connectivity index (χ2v) is 13.4. The number of pyridine rings is 1. The largest absolute Gasteiger partial charge is 1.00 e. The first-order valence-electron chi connectivity index (χ1n) is 17.9. The number of likely N-dealkylation sites (tertiary alicyclic amines) is 1. The van der Waals surface area contributed by atoms with Crippen molar-refractivity contribution in [1.29, 1.82) is 0 Å². The van der Waals surface area contributed by atoms with Crippen LogP contribution in [0.3, 0.4) is 0 Å². The van der Waals surface area contributed by atoms with Crippen LogP contribution in [0, 0.1) is 11.6 Å². The van der Waals surface area contributed by atoms with Crippen LogP contribution >= 0.6 is 0 Å². The fourth-order valence-electron chi connectivity index (χ4n) is 6.80. The molecule has 2 heterocycles. The number of unbranched alkanes of at least 4 members (excludes halogenated alkanes) is 4. The average Bonchev–Trinajstić information content (AvgIpc) is 3.09. The van der Waals surface area contributed by atoms with Gasteiger partial charge in [0.1, 0.15) is 34.4 Å². The van der Waals surface area contributed by atoms with Gasteiger partial charge >= 0.3 is 0 Å². The van der Waals surface area contributed by atoms with Gasteiger partial charge in [0.15, 0.2) is 0 Å². The molecule has 51 heavy (non-hydrogen) atoms. The summed E-state index contributed by atoms with van der Waals surface area (Å²) in [6.07, 6.45) is 11.2. The summed E-state index contributed by atoms with van der Waals surface area (Å²) >= 11 is 0. The molecule has 276 valence electrons. The number of piperidine rings is 1. The summed E-state index contributed by atoms with van der Waals surface area (Å²) < 4.78 is 48.8. The van der Waals surface area contributed by atoms with Gasteiger partial charge in [-0.1, -0.05) is 12.8 Å². The van der Waals surface area contributed by atoms with Gasteiger partial charge in [-0.15, -0.1) is 0 Å². The maximum Gasteiger partial charge on any atom is 0.263 e. The van der Waals surface area contributed by atoms with Gasteiger partial charge in [-0.3, -0.25) is 9.59 Å². The number of fused-ring (bicyclic) bond motifs is 1. The Morgan fingerprint density at radius 2 is 1.43 bits per heavy atom. The Labute approximate surface area is 310 Å². The molecule has 1 aliphatic heterocycles. The quantitative estimate of drug-likeness (QED) is 0.114. The summed E-state index contributed by atoms with van der Waals surface area (Å²) in [4.78, 5) is 28.7. The summed E-state index contributed by atoms with van der Waals surface area (Å²) in [5.74, 6) is -0.663. The van der Waals surface area contributed by atoms with E-state index in [4.69, 9.17) is 14.2 Å². The van der Waals surface area contributed by atoms with E-state index in [1.807, 2.05) is 13.8 Å². The minimum Gasteiger partial charge on any atom is -1.00 e. The number of carbonyl (C=O) groups excluding carboxylic acids is 1. The molecule has 0 saturated carbocycles. The summed E-state index contributed by atoms with van der Waals surface area (Å²) in [5.41, 5.74) is 0.416. The molecule has 0 atom stereocenters. The van der Waals surface area contributed by atoms with E-state index < -0.39 is 23.0 Å². The number of hydrogen-bond acceptors (Lipinski definition) is 5. The number of ether oxygens (including phenoxy) is 3. The van der Waals surface area contributed by atoms with E-state index >= 15 is 0 Å². The molecule has 11 heteroatoms. The van der Waals surface area contributed by atoms with E-state index in [-0.39, 0.29) is 33.6 Å². The Balaban J connectivity index is 0.00000583. The van der Waals surface area contributed by atoms with Crippen LogP contribution in [0.5, 0.6) is 17.2 Å². The maximum atomic E-state index is 14.0. The van der Waals surface area contributed by atoms with Crippen molar-refractivity contribution in [2.75, 3.05) is 58.5 Å². The lowest BCUT2D eigenvalue weighted by Crippen LogP contribution is -3.00. The molecule has 1 fully saturated rings. The standard InChI is InChI=1S/C40H50F2N3O5.BrH/c1-5-48-34-24-32(25-35(26-34)49-6-2)44-28-37(40(47)43(3)31-22-29(41)21-30(42)23-31)39(46)36-16-15-33(27-38(36)44)50-20-14-9-7-8-11-17-45(4)18-12-10-13-19-45;/h15-16,21-28H,5-14,17-20H2,1-4H3;1H/q+1;/p-1. The number of nitrogens with zero attached hydrogens (tertiary/aromatic N) is 3. The van der Waals surface area contributed by atoms with Crippen LogP contribution in [0.4, 0.5) is 14.5 Å². The van der Waals surface area contributed by atoms with E-state index in [0.29, 0.717) is 48.3 Å². The van der Waals surface area contributed by atoms with E-state index in [0.717, 1.165) is 35.9 Å². The molecule has 0 unspecified atom stereocenters. The Morgan fingerprint density at radius 3 is 2.08 bits per heavy atom. The van der Waals surface area contributed by atoms with E-state index in [9.17, 15) is 18.4 Å². The molecule has 0 radical (unpaired) electrons. The first kappa shape index (κ1) is 39.8. The highest BCUT2D eigenvalue weighted by molar-refractivity contribution is 6.07. The lowest BCUT2D eigenvalue weighted by Gasteiger charge is -2.37. The maximum absolute atomic E-state index is 14.0. The molecule has 8 nitrogen and oxygen atoms in total. The monoisotopic (exact) mass is 769 g/mol. The number of quaternary nitrogens is 1. The fraction of sp³-hybridized carbons (Fsp3) is 0.450. The third-order valence-corrected chi connectivity index (χ3v) is 9.52. The molecule has 1 amide bonds. The molecular formula is C40H50BrF2N3O5. The molecule has 5 rings (SSSR count). The van der Waals surface area contributed by atoms with Gasteiger partial charge < -0.3 is 45.1 Å². The second-order valence-electron chi connectivity index (χ2n) is 13.4. The first-order chi connectivity index (χ1) is 24.1. The molecule has 1 aliphatic rings. The van der Waals surface area contributed by atoms with Gasteiger partial charge in [-0.05, 0) is 76.6 Å². The molecule has 1 aromatic heterocycles. The summed E-state index contributed by atoms with van der Waals surface area (Å²) in [6, 6.07) is 13.4. The number of halogens is 3. The predicted octanol–water partition coefficient (Wildman–Crippen LogP) is 5.31. The van der Waals surface area contributed by atoms with Gasteiger partial charge in [0.05, 0.1) is 57.7 Å². The van der Waals surface area contributed by atoms with E-state index in [1.165, 1.54) is 75.9 Å². The summed E-state index contributed by atoms with van der Waals surface area (Å²) in [5, 5.41) is 0.284. The highest BCUT2D eigenvalue weighted by Crippen LogP contribution is 2.30. The van der Waals surface area contributed by atoms with Gasteiger partial charge in [-0.25, -0.2) is 8.78 Å². The van der Waals surface area contributed by atoms with Crippen molar-refractivity contribution < 1.29 is 49.3 Å². The highest BCUT2D eigenvalue weighted by Gasteiger charge is 2.24. The number of carbonyl (C=O) groups is 1. The first-order valence-corrected chi connectivity index (χ1v) is 17.9. The van der Waals surface area contributed by atoms with Crippen LogP contribution in [0.15, 0.2) is 65.6 Å². The Kier molecular flexibility index (Phi) is 14.4. The lowest BCUT2D eigenvalue weighted by atomic mass is 10.1. The number of rotatable bonds is 16. The van der Waals surface area contributed by atoms with Crippen LogP contribution in [-0.4, -0.2) is 68.5 Å². The Bertz CT molecular complexity index is 1800. The molecule has 0 spiro atoms. The number of amides is 1. The molecule has 0 aliphatic carbocycles. The fourth-order valence-corrected chi connectivity index (χ4v) is 6.80.